The predicted molar refractivity (Wildman–Crippen MR) is 98.3 cm³/mol. The van der Waals surface area contributed by atoms with Crippen LogP contribution in [0.5, 0.6) is 0 Å². The summed E-state index contributed by atoms with van der Waals surface area (Å²) in [6.45, 7) is 0.917. The number of rotatable bonds is 2. The van der Waals surface area contributed by atoms with Crippen molar-refractivity contribution in [3.63, 3.8) is 0 Å². The number of benzene rings is 2. The minimum atomic E-state index is -0.805. The summed E-state index contributed by atoms with van der Waals surface area (Å²) in [7, 11) is 0. The molecule has 0 radical (unpaired) electrons. The van der Waals surface area contributed by atoms with Gasteiger partial charge in [-0.25, -0.2) is 13.6 Å². The fourth-order valence-electron chi connectivity index (χ4n) is 3.35. The number of carbonyl (C=O) groups is 1. The van der Waals surface area contributed by atoms with Gasteiger partial charge in [-0.2, -0.15) is 0 Å². The van der Waals surface area contributed by atoms with Crippen molar-refractivity contribution in [3.05, 3.63) is 77.8 Å². The van der Waals surface area contributed by atoms with E-state index in [4.69, 9.17) is 4.42 Å². The van der Waals surface area contributed by atoms with Crippen LogP contribution in [0.3, 0.4) is 0 Å². The van der Waals surface area contributed by atoms with Gasteiger partial charge in [-0.1, -0.05) is 30.3 Å². The maximum Gasteiger partial charge on any atom is 0.322 e. The van der Waals surface area contributed by atoms with Crippen LogP contribution in [0.25, 0.3) is 11.1 Å². The summed E-state index contributed by atoms with van der Waals surface area (Å²) in [5.41, 5.74) is 1.86. The van der Waals surface area contributed by atoms with Gasteiger partial charge < -0.3 is 14.6 Å². The molecule has 1 aromatic heterocycles. The molecule has 4 rings (SSSR count). The Morgan fingerprint density at radius 2 is 1.93 bits per heavy atom. The quantitative estimate of drug-likeness (QED) is 0.675. The fourth-order valence-corrected chi connectivity index (χ4v) is 3.35. The first-order chi connectivity index (χ1) is 13.1. The second-order valence-corrected chi connectivity index (χ2v) is 6.50. The highest BCUT2D eigenvalue weighted by Crippen LogP contribution is 2.32. The van der Waals surface area contributed by atoms with Crippen LogP contribution >= 0.6 is 0 Å². The van der Waals surface area contributed by atoms with E-state index < -0.39 is 17.7 Å². The number of anilines is 1. The second kappa shape index (κ2) is 7.23. The zero-order valence-corrected chi connectivity index (χ0v) is 14.5. The van der Waals surface area contributed by atoms with Crippen LogP contribution in [0.1, 0.15) is 17.7 Å². The first kappa shape index (κ1) is 17.3. The molecule has 0 atom stereocenters. The molecule has 2 aromatic carbocycles. The van der Waals surface area contributed by atoms with E-state index in [-0.39, 0.29) is 5.69 Å². The third-order valence-electron chi connectivity index (χ3n) is 4.69. The number of halogens is 2. The molecule has 0 bridgehead atoms. The Morgan fingerprint density at radius 3 is 2.74 bits per heavy atom. The lowest BCUT2D eigenvalue weighted by Gasteiger charge is -2.22. The SMILES string of the molecule is O=C(Nc1c(F)cc(F)cc1-c1ccccc1)N1CCCc2occc2C1. The number of aryl methyl sites for hydroxylation is 1. The van der Waals surface area contributed by atoms with E-state index in [0.29, 0.717) is 24.2 Å². The number of furan rings is 1. The summed E-state index contributed by atoms with van der Waals surface area (Å²) < 4.78 is 33.7. The van der Waals surface area contributed by atoms with E-state index in [0.717, 1.165) is 30.2 Å². The largest absolute Gasteiger partial charge is 0.469 e. The lowest BCUT2D eigenvalue weighted by atomic mass is 10.0. The molecule has 0 saturated heterocycles. The summed E-state index contributed by atoms with van der Waals surface area (Å²) in [5, 5.41) is 2.64. The monoisotopic (exact) mass is 368 g/mol. The Balaban J connectivity index is 1.63. The van der Waals surface area contributed by atoms with Crippen molar-refractivity contribution in [2.45, 2.75) is 19.4 Å². The van der Waals surface area contributed by atoms with Crippen molar-refractivity contribution in [1.82, 2.24) is 4.90 Å². The summed E-state index contributed by atoms with van der Waals surface area (Å²) in [5.74, 6) is -0.619. The Bertz CT molecular complexity index is 970. The van der Waals surface area contributed by atoms with Crippen LogP contribution in [-0.4, -0.2) is 17.5 Å². The minimum absolute atomic E-state index is 0.0238. The van der Waals surface area contributed by atoms with Crippen molar-refractivity contribution in [2.24, 2.45) is 0 Å². The van der Waals surface area contributed by atoms with E-state index in [1.165, 1.54) is 6.07 Å². The van der Waals surface area contributed by atoms with Crippen molar-refractivity contribution in [3.8, 4) is 11.1 Å². The van der Waals surface area contributed by atoms with E-state index in [1.807, 2.05) is 12.1 Å². The Kier molecular flexibility index (Phi) is 4.62. The van der Waals surface area contributed by atoms with E-state index in [1.54, 1.807) is 35.4 Å². The lowest BCUT2D eigenvalue weighted by Crippen LogP contribution is -2.35. The molecular weight excluding hydrogens is 350 g/mol. The molecule has 0 unspecified atom stereocenters. The first-order valence-corrected chi connectivity index (χ1v) is 8.77. The lowest BCUT2D eigenvalue weighted by molar-refractivity contribution is 0.210. The highest BCUT2D eigenvalue weighted by atomic mass is 19.1. The maximum absolute atomic E-state index is 14.5. The summed E-state index contributed by atoms with van der Waals surface area (Å²) in [6, 6.07) is 12.3. The number of nitrogens with one attached hydrogen (secondary N) is 1. The van der Waals surface area contributed by atoms with Gasteiger partial charge >= 0.3 is 6.03 Å². The Hall–Kier alpha value is -3.15. The zero-order chi connectivity index (χ0) is 18.8. The molecule has 0 fully saturated rings. The molecule has 6 heteroatoms. The Morgan fingerprint density at radius 1 is 1.11 bits per heavy atom. The van der Waals surface area contributed by atoms with Gasteiger partial charge in [0.25, 0.3) is 0 Å². The van der Waals surface area contributed by atoms with E-state index in [2.05, 4.69) is 5.32 Å². The number of hydrogen-bond acceptors (Lipinski definition) is 2. The third kappa shape index (κ3) is 3.56. The van der Waals surface area contributed by atoms with Crippen LogP contribution < -0.4 is 5.32 Å². The topological polar surface area (TPSA) is 45.5 Å². The second-order valence-electron chi connectivity index (χ2n) is 6.50. The fraction of sp³-hybridized carbons (Fsp3) is 0.190. The molecule has 0 spiro atoms. The molecular formula is C21H18F2N2O2. The zero-order valence-electron chi connectivity index (χ0n) is 14.5. The van der Waals surface area contributed by atoms with Gasteiger partial charge in [0.05, 0.1) is 18.5 Å². The molecule has 3 aromatic rings. The van der Waals surface area contributed by atoms with E-state index in [9.17, 15) is 13.6 Å². The predicted octanol–water partition coefficient (Wildman–Crippen LogP) is 5.21. The normalized spacial score (nSPS) is 13.8. The molecule has 4 nitrogen and oxygen atoms in total. The van der Waals surface area contributed by atoms with Gasteiger partial charge in [0.15, 0.2) is 0 Å². The number of urea groups is 1. The average Bonchev–Trinajstić information content (AvgIpc) is 3.01. The molecule has 1 aliphatic rings. The highest BCUT2D eigenvalue weighted by Gasteiger charge is 2.23. The van der Waals surface area contributed by atoms with Gasteiger partial charge in [-0.05, 0) is 24.1 Å². The van der Waals surface area contributed by atoms with Gasteiger partial charge in [-0.3, -0.25) is 0 Å². The Labute approximate surface area is 155 Å². The number of hydrogen-bond donors (Lipinski definition) is 1. The number of carbonyl (C=O) groups excluding carboxylic acids is 1. The number of fused-ring (bicyclic) bond motifs is 1. The summed E-state index contributed by atoms with van der Waals surface area (Å²) >= 11 is 0. The van der Waals surface area contributed by atoms with Crippen molar-refractivity contribution >= 4 is 11.7 Å². The van der Waals surface area contributed by atoms with E-state index >= 15 is 0 Å². The molecule has 27 heavy (non-hydrogen) atoms. The van der Waals surface area contributed by atoms with Crippen LogP contribution in [0.15, 0.2) is 59.2 Å². The summed E-state index contributed by atoms with van der Waals surface area (Å²) in [4.78, 5) is 14.4. The number of amides is 2. The maximum atomic E-state index is 14.5. The van der Waals surface area contributed by atoms with Crippen LogP contribution in [0.4, 0.5) is 19.3 Å². The van der Waals surface area contributed by atoms with Gasteiger partial charge in [-0.15, -0.1) is 0 Å². The average molecular weight is 368 g/mol. The van der Waals surface area contributed by atoms with Crippen LogP contribution in [0.2, 0.25) is 0 Å². The highest BCUT2D eigenvalue weighted by molar-refractivity contribution is 5.94. The van der Waals surface area contributed by atoms with Gasteiger partial charge in [0.1, 0.15) is 17.4 Å². The van der Waals surface area contributed by atoms with Gasteiger partial charge in [0, 0.05) is 30.2 Å². The molecule has 1 N–H and O–H groups in total. The third-order valence-corrected chi connectivity index (χ3v) is 4.69. The smallest absolute Gasteiger partial charge is 0.322 e. The van der Waals surface area contributed by atoms with Crippen molar-refractivity contribution in [2.75, 3.05) is 11.9 Å². The molecule has 1 aliphatic heterocycles. The summed E-state index contributed by atoms with van der Waals surface area (Å²) in [6.07, 6.45) is 3.12. The van der Waals surface area contributed by atoms with Gasteiger partial charge in [0.2, 0.25) is 0 Å². The van der Waals surface area contributed by atoms with Crippen LogP contribution in [0, 0.1) is 11.6 Å². The molecule has 0 saturated carbocycles. The molecule has 2 amide bonds. The molecule has 138 valence electrons. The molecule has 0 aliphatic carbocycles. The minimum Gasteiger partial charge on any atom is -0.469 e. The standard InChI is InChI=1S/C21H18F2N2O2/c22-16-11-17(14-5-2-1-3-6-14)20(18(23)12-16)24-21(26)25-9-4-7-19-15(13-25)8-10-27-19/h1-3,5-6,8,10-12H,4,7,9,13H2,(H,24,26). The van der Waals surface area contributed by atoms with Crippen molar-refractivity contribution in [1.29, 1.82) is 0 Å². The van der Waals surface area contributed by atoms with Crippen LogP contribution in [-0.2, 0) is 13.0 Å². The number of nitrogens with zero attached hydrogens (tertiary/aromatic N) is 1. The van der Waals surface area contributed by atoms with Crippen molar-refractivity contribution < 1.29 is 18.0 Å². The first-order valence-electron chi connectivity index (χ1n) is 8.77. The molecule has 2 heterocycles.